The van der Waals surface area contributed by atoms with Crippen molar-refractivity contribution in [1.82, 2.24) is 10.2 Å². The van der Waals surface area contributed by atoms with Crippen molar-refractivity contribution in [2.45, 2.75) is 17.6 Å². The first-order chi connectivity index (χ1) is 4.31. The summed E-state index contributed by atoms with van der Waals surface area (Å²) >= 11 is 6.02. The van der Waals surface area contributed by atoms with Gasteiger partial charge in [0, 0.05) is 0 Å². The van der Waals surface area contributed by atoms with Crippen molar-refractivity contribution in [2.24, 2.45) is 0 Å². The molecule has 1 heterocycles. The van der Waals surface area contributed by atoms with Gasteiger partial charge in [-0.15, -0.1) is 21.5 Å². The second-order valence-electron chi connectivity index (χ2n) is 2.28. The van der Waals surface area contributed by atoms with E-state index >= 15 is 0 Å². The molecule has 4 heteroatoms. The Morgan fingerprint density at radius 1 is 1.67 bits per heavy atom. The normalized spacial score (nSPS) is 21.9. The number of rotatable bonds is 1. The van der Waals surface area contributed by atoms with Crippen molar-refractivity contribution in [3.8, 4) is 0 Å². The van der Waals surface area contributed by atoms with Crippen molar-refractivity contribution in [2.75, 3.05) is 0 Å². The first-order valence-electron chi connectivity index (χ1n) is 2.80. The van der Waals surface area contributed by atoms with Gasteiger partial charge in [0.25, 0.3) is 0 Å². The van der Waals surface area contributed by atoms with Gasteiger partial charge < -0.3 is 0 Å². The van der Waals surface area contributed by atoms with E-state index in [0.717, 1.165) is 17.8 Å². The van der Waals surface area contributed by atoms with E-state index in [4.69, 9.17) is 0 Å². The van der Waals surface area contributed by atoms with Crippen LogP contribution in [0.1, 0.15) is 17.8 Å². The summed E-state index contributed by atoms with van der Waals surface area (Å²) in [5, 5.41) is 8.77. The minimum Gasteiger partial charge on any atom is -0.165 e. The van der Waals surface area contributed by atoms with Crippen molar-refractivity contribution < 1.29 is 0 Å². The maximum atomic E-state index is 4.43. The molecule has 1 aliphatic rings. The molecule has 1 saturated carbocycles. The van der Waals surface area contributed by atoms with E-state index in [0.29, 0.717) is 0 Å². The zero-order chi connectivity index (χ0) is 6.32. The second-order valence-corrected chi connectivity index (χ2v) is 3.96. The smallest absolute Gasteiger partial charge is 0.133 e. The zero-order valence-electron chi connectivity index (χ0n) is 4.74. The Morgan fingerprint density at radius 2 is 2.44 bits per heavy atom. The van der Waals surface area contributed by atoms with Gasteiger partial charge in [-0.05, 0) is 12.8 Å². The maximum Gasteiger partial charge on any atom is 0.133 e. The Morgan fingerprint density at radius 3 is 2.89 bits per heavy atom. The summed E-state index contributed by atoms with van der Waals surface area (Å²) in [6.45, 7) is 0. The van der Waals surface area contributed by atoms with E-state index in [-0.39, 0.29) is 4.75 Å². The molecule has 48 valence electrons. The van der Waals surface area contributed by atoms with Crippen LogP contribution in [0.3, 0.4) is 0 Å². The fourth-order valence-electron chi connectivity index (χ4n) is 0.708. The lowest BCUT2D eigenvalue weighted by molar-refractivity contribution is 0.936. The van der Waals surface area contributed by atoms with Gasteiger partial charge in [-0.25, -0.2) is 0 Å². The molecule has 0 N–H and O–H groups in total. The van der Waals surface area contributed by atoms with Crippen LogP contribution < -0.4 is 0 Å². The van der Waals surface area contributed by atoms with Crippen LogP contribution in [-0.2, 0) is 4.75 Å². The minimum absolute atomic E-state index is 0.112. The molecule has 0 amide bonds. The molecular weight excluding hydrogens is 152 g/mol. The molecular formula is C5H6N2S2. The molecule has 9 heavy (non-hydrogen) atoms. The molecule has 1 fully saturated rings. The van der Waals surface area contributed by atoms with Gasteiger partial charge in [0.2, 0.25) is 0 Å². The zero-order valence-corrected chi connectivity index (χ0v) is 6.45. The van der Waals surface area contributed by atoms with Crippen LogP contribution >= 0.6 is 24.0 Å². The number of thiol groups is 1. The van der Waals surface area contributed by atoms with E-state index in [1.807, 2.05) is 0 Å². The van der Waals surface area contributed by atoms with Crippen molar-refractivity contribution in [1.29, 1.82) is 0 Å². The number of hydrogen-bond acceptors (Lipinski definition) is 4. The molecule has 0 bridgehead atoms. The Balaban J connectivity index is 2.34. The van der Waals surface area contributed by atoms with Crippen LogP contribution in [0.2, 0.25) is 0 Å². The summed E-state index contributed by atoms with van der Waals surface area (Å²) in [6, 6.07) is 0. The van der Waals surface area contributed by atoms with E-state index in [1.54, 1.807) is 16.8 Å². The Hall–Kier alpha value is -0.0900. The van der Waals surface area contributed by atoms with Gasteiger partial charge in [-0.3, -0.25) is 0 Å². The largest absolute Gasteiger partial charge is 0.165 e. The van der Waals surface area contributed by atoms with Crippen LogP contribution in [0.5, 0.6) is 0 Å². The highest BCUT2D eigenvalue weighted by atomic mass is 32.1. The molecule has 1 aliphatic carbocycles. The van der Waals surface area contributed by atoms with Gasteiger partial charge in [0.15, 0.2) is 0 Å². The molecule has 0 radical (unpaired) electrons. The second kappa shape index (κ2) is 1.70. The average molecular weight is 158 g/mol. The van der Waals surface area contributed by atoms with Gasteiger partial charge >= 0.3 is 0 Å². The van der Waals surface area contributed by atoms with Gasteiger partial charge in [0.05, 0.1) is 4.75 Å². The van der Waals surface area contributed by atoms with Gasteiger partial charge in [0.1, 0.15) is 10.5 Å². The lowest BCUT2D eigenvalue weighted by Gasteiger charge is -1.96. The highest BCUT2D eigenvalue weighted by Crippen LogP contribution is 2.51. The molecule has 0 spiro atoms. The fourth-order valence-corrected chi connectivity index (χ4v) is 1.73. The van der Waals surface area contributed by atoms with Crippen molar-refractivity contribution in [3.63, 3.8) is 0 Å². The SMILES string of the molecule is SC1(c2nncs2)CC1. The lowest BCUT2D eigenvalue weighted by Crippen LogP contribution is -1.93. The van der Waals surface area contributed by atoms with Crippen molar-refractivity contribution >= 4 is 24.0 Å². The average Bonchev–Trinajstić information content (AvgIpc) is 2.46. The van der Waals surface area contributed by atoms with Crippen LogP contribution in [0.4, 0.5) is 0 Å². The Bertz CT molecular complexity index is 203. The van der Waals surface area contributed by atoms with E-state index in [1.165, 1.54) is 0 Å². The summed E-state index contributed by atoms with van der Waals surface area (Å²) in [5.74, 6) is 0. The minimum atomic E-state index is 0.112. The molecule has 0 aliphatic heterocycles. The molecule has 0 aromatic carbocycles. The van der Waals surface area contributed by atoms with Crippen LogP contribution in [-0.4, -0.2) is 10.2 Å². The Labute approximate surface area is 62.7 Å². The summed E-state index contributed by atoms with van der Waals surface area (Å²) in [4.78, 5) is 0. The van der Waals surface area contributed by atoms with Crippen LogP contribution in [0.25, 0.3) is 0 Å². The molecule has 2 rings (SSSR count). The highest BCUT2D eigenvalue weighted by molar-refractivity contribution is 7.81. The topological polar surface area (TPSA) is 25.8 Å². The van der Waals surface area contributed by atoms with E-state index < -0.39 is 0 Å². The van der Waals surface area contributed by atoms with Gasteiger partial charge in [-0.2, -0.15) is 12.6 Å². The monoisotopic (exact) mass is 158 g/mol. The number of nitrogens with zero attached hydrogens (tertiary/aromatic N) is 2. The summed E-state index contributed by atoms with van der Waals surface area (Å²) < 4.78 is 0.112. The molecule has 0 atom stereocenters. The molecule has 1 aromatic rings. The molecule has 0 saturated heterocycles. The summed E-state index contributed by atoms with van der Waals surface area (Å²) in [5.41, 5.74) is 1.76. The molecule has 2 nitrogen and oxygen atoms in total. The Kier molecular flexibility index (Phi) is 1.07. The molecule has 0 unspecified atom stereocenters. The first kappa shape index (κ1) is 5.68. The first-order valence-corrected chi connectivity index (χ1v) is 4.13. The summed E-state index contributed by atoms with van der Waals surface area (Å²) in [7, 11) is 0. The van der Waals surface area contributed by atoms with E-state index in [2.05, 4.69) is 22.8 Å². The fraction of sp³-hybridized carbons (Fsp3) is 0.600. The predicted octanol–water partition coefficient (Wildman–Crippen LogP) is 1.46. The van der Waals surface area contributed by atoms with E-state index in [9.17, 15) is 0 Å². The van der Waals surface area contributed by atoms with Crippen molar-refractivity contribution in [3.05, 3.63) is 10.5 Å². The van der Waals surface area contributed by atoms with Crippen LogP contribution in [0, 0.1) is 0 Å². The quantitative estimate of drug-likeness (QED) is 0.626. The predicted molar refractivity (Wildman–Crippen MR) is 39.8 cm³/mol. The third-order valence-electron chi connectivity index (χ3n) is 1.48. The van der Waals surface area contributed by atoms with Crippen LogP contribution in [0.15, 0.2) is 5.51 Å². The third kappa shape index (κ3) is 0.861. The third-order valence-corrected chi connectivity index (χ3v) is 3.19. The molecule has 1 aromatic heterocycles. The number of aromatic nitrogens is 2. The maximum absolute atomic E-state index is 4.43. The standard InChI is InChI=1S/C5H6N2S2/c8-5(1-2-5)4-7-6-3-9-4/h3,8H,1-2H2. The summed E-state index contributed by atoms with van der Waals surface area (Å²) in [6.07, 6.45) is 2.32. The lowest BCUT2D eigenvalue weighted by atomic mass is 10.4. The number of hydrogen-bond donors (Lipinski definition) is 1. The highest BCUT2D eigenvalue weighted by Gasteiger charge is 2.43. The van der Waals surface area contributed by atoms with Gasteiger partial charge in [-0.1, -0.05) is 0 Å².